The van der Waals surface area contributed by atoms with Crippen LogP contribution in [0.3, 0.4) is 0 Å². The second-order valence-corrected chi connectivity index (χ2v) is 6.47. The minimum atomic E-state index is -0.436. The van der Waals surface area contributed by atoms with Crippen molar-refractivity contribution >= 4 is 11.8 Å². The van der Waals surface area contributed by atoms with Crippen molar-refractivity contribution in [2.75, 3.05) is 13.1 Å². The Morgan fingerprint density at radius 3 is 2.43 bits per heavy atom. The Kier molecular flexibility index (Phi) is 4.30. The summed E-state index contributed by atoms with van der Waals surface area (Å²) in [7, 11) is 0. The normalized spacial score (nSPS) is 18.7. The summed E-state index contributed by atoms with van der Waals surface area (Å²) in [6, 6.07) is 5.52. The van der Waals surface area contributed by atoms with E-state index in [4.69, 9.17) is 0 Å². The Labute approximate surface area is 124 Å². The zero-order chi connectivity index (χ0) is 15.6. The second kappa shape index (κ2) is 5.84. The van der Waals surface area contributed by atoms with E-state index in [9.17, 15) is 14.0 Å². The van der Waals surface area contributed by atoms with Gasteiger partial charge in [-0.3, -0.25) is 9.59 Å². The standard InChI is InChI=1S/C16H21FN2O2/c1-16(2,3)15(21)18-13-8-9-19(10-13)14(20)11-4-6-12(17)7-5-11/h4-7,13H,8-10H2,1-3H3,(H,18,21)/t13-/m0/s1. The van der Waals surface area contributed by atoms with Gasteiger partial charge >= 0.3 is 0 Å². The highest BCUT2D eigenvalue weighted by atomic mass is 19.1. The molecule has 1 aliphatic heterocycles. The van der Waals surface area contributed by atoms with Crippen molar-refractivity contribution in [2.24, 2.45) is 5.41 Å². The highest BCUT2D eigenvalue weighted by Gasteiger charge is 2.30. The van der Waals surface area contributed by atoms with E-state index in [-0.39, 0.29) is 23.7 Å². The van der Waals surface area contributed by atoms with Crippen molar-refractivity contribution in [3.8, 4) is 0 Å². The van der Waals surface area contributed by atoms with Crippen molar-refractivity contribution in [1.82, 2.24) is 10.2 Å². The van der Waals surface area contributed by atoms with Crippen LogP contribution in [-0.2, 0) is 4.79 Å². The Morgan fingerprint density at radius 2 is 1.86 bits per heavy atom. The molecule has 1 aliphatic rings. The number of amides is 2. The lowest BCUT2D eigenvalue weighted by Crippen LogP contribution is -2.43. The van der Waals surface area contributed by atoms with Gasteiger partial charge in [-0.1, -0.05) is 20.8 Å². The Bertz CT molecular complexity index is 534. The molecule has 2 amide bonds. The van der Waals surface area contributed by atoms with Crippen molar-refractivity contribution in [3.05, 3.63) is 35.6 Å². The molecule has 1 saturated heterocycles. The van der Waals surface area contributed by atoms with Gasteiger partial charge in [-0.15, -0.1) is 0 Å². The molecular weight excluding hydrogens is 271 g/mol. The number of carbonyl (C=O) groups excluding carboxylic acids is 2. The second-order valence-electron chi connectivity index (χ2n) is 6.47. The van der Waals surface area contributed by atoms with E-state index < -0.39 is 5.41 Å². The summed E-state index contributed by atoms with van der Waals surface area (Å²) in [5.74, 6) is -0.491. The fraction of sp³-hybridized carbons (Fsp3) is 0.500. The number of benzene rings is 1. The number of carbonyl (C=O) groups is 2. The van der Waals surface area contributed by atoms with Crippen molar-refractivity contribution in [2.45, 2.75) is 33.2 Å². The van der Waals surface area contributed by atoms with Crippen molar-refractivity contribution < 1.29 is 14.0 Å². The lowest BCUT2D eigenvalue weighted by molar-refractivity contribution is -0.129. The molecule has 0 bridgehead atoms. The van der Waals surface area contributed by atoms with Crippen molar-refractivity contribution in [3.63, 3.8) is 0 Å². The first-order chi connectivity index (χ1) is 9.77. The summed E-state index contributed by atoms with van der Waals surface area (Å²) in [6.45, 7) is 6.68. The monoisotopic (exact) mass is 292 g/mol. The third kappa shape index (κ3) is 3.80. The molecule has 0 radical (unpaired) electrons. The van der Waals surface area contributed by atoms with E-state index in [1.165, 1.54) is 24.3 Å². The van der Waals surface area contributed by atoms with Crippen LogP contribution in [-0.4, -0.2) is 35.8 Å². The van der Waals surface area contributed by atoms with Crippen LogP contribution in [0.25, 0.3) is 0 Å². The molecule has 5 heteroatoms. The van der Waals surface area contributed by atoms with Crippen LogP contribution in [0.2, 0.25) is 0 Å². The first kappa shape index (κ1) is 15.5. The SMILES string of the molecule is CC(C)(C)C(=O)N[C@H]1CCN(C(=O)c2ccc(F)cc2)C1. The molecule has 0 unspecified atom stereocenters. The first-order valence-electron chi connectivity index (χ1n) is 7.13. The molecule has 0 spiro atoms. The van der Waals surface area contributed by atoms with Crippen LogP contribution in [0.4, 0.5) is 4.39 Å². The quantitative estimate of drug-likeness (QED) is 0.908. The summed E-state index contributed by atoms with van der Waals surface area (Å²) in [5.41, 5.74) is 0.0354. The molecule has 1 N–H and O–H groups in total. The molecule has 0 aliphatic carbocycles. The summed E-state index contributed by atoms with van der Waals surface area (Å²) in [6.07, 6.45) is 0.745. The summed E-state index contributed by atoms with van der Waals surface area (Å²) >= 11 is 0. The van der Waals surface area contributed by atoms with Gasteiger partial charge in [-0.25, -0.2) is 4.39 Å². The maximum absolute atomic E-state index is 12.9. The molecule has 1 heterocycles. The summed E-state index contributed by atoms with van der Waals surface area (Å²) < 4.78 is 12.9. The van der Waals surface area contributed by atoms with Crippen LogP contribution in [0.15, 0.2) is 24.3 Å². The van der Waals surface area contributed by atoms with Gasteiger partial charge in [-0.05, 0) is 30.7 Å². The lowest BCUT2D eigenvalue weighted by atomic mass is 9.95. The number of nitrogens with zero attached hydrogens (tertiary/aromatic N) is 1. The fourth-order valence-corrected chi connectivity index (χ4v) is 2.24. The van der Waals surface area contributed by atoms with Crippen LogP contribution in [0.1, 0.15) is 37.6 Å². The van der Waals surface area contributed by atoms with Gasteiger partial charge in [0, 0.05) is 30.1 Å². The predicted octanol–water partition coefficient (Wildman–Crippen LogP) is 2.20. The number of likely N-dealkylation sites (tertiary alicyclic amines) is 1. The van der Waals surface area contributed by atoms with Crippen LogP contribution < -0.4 is 5.32 Å². The lowest BCUT2D eigenvalue weighted by Gasteiger charge is -2.22. The molecule has 1 fully saturated rings. The largest absolute Gasteiger partial charge is 0.351 e. The molecular formula is C16H21FN2O2. The maximum Gasteiger partial charge on any atom is 0.253 e. The van der Waals surface area contributed by atoms with Gasteiger partial charge in [0.05, 0.1) is 0 Å². The zero-order valence-corrected chi connectivity index (χ0v) is 12.6. The van der Waals surface area contributed by atoms with E-state index in [1.54, 1.807) is 4.90 Å². The maximum atomic E-state index is 12.9. The molecule has 2 rings (SSSR count). The van der Waals surface area contributed by atoms with Gasteiger partial charge in [-0.2, -0.15) is 0 Å². The topological polar surface area (TPSA) is 49.4 Å². The van der Waals surface area contributed by atoms with E-state index in [0.717, 1.165) is 6.42 Å². The van der Waals surface area contributed by atoms with Gasteiger partial charge in [0.2, 0.25) is 5.91 Å². The molecule has 1 aromatic carbocycles. The molecule has 21 heavy (non-hydrogen) atoms. The highest BCUT2D eigenvalue weighted by Crippen LogP contribution is 2.17. The Morgan fingerprint density at radius 1 is 1.24 bits per heavy atom. The van der Waals surface area contributed by atoms with Crippen molar-refractivity contribution in [1.29, 1.82) is 0 Å². The minimum absolute atomic E-state index is 0.0106. The van der Waals surface area contributed by atoms with Crippen LogP contribution in [0.5, 0.6) is 0 Å². The molecule has 1 atom stereocenters. The van der Waals surface area contributed by atoms with Gasteiger partial charge < -0.3 is 10.2 Å². The summed E-state index contributed by atoms with van der Waals surface area (Å²) in [5, 5.41) is 2.97. The molecule has 114 valence electrons. The van der Waals surface area contributed by atoms with E-state index in [0.29, 0.717) is 18.7 Å². The Hall–Kier alpha value is -1.91. The number of hydrogen-bond donors (Lipinski definition) is 1. The number of nitrogens with one attached hydrogen (secondary N) is 1. The number of hydrogen-bond acceptors (Lipinski definition) is 2. The van der Waals surface area contributed by atoms with E-state index in [1.807, 2.05) is 20.8 Å². The third-order valence-corrected chi connectivity index (χ3v) is 3.58. The Balaban J connectivity index is 1.94. The van der Waals surface area contributed by atoms with E-state index in [2.05, 4.69) is 5.32 Å². The smallest absolute Gasteiger partial charge is 0.253 e. The molecule has 4 nitrogen and oxygen atoms in total. The van der Waals surface area contributed by atoms with Gasteiger partial charge in [0.1, 0.15) is 5.82 Å². The fourth-order valence-electron chi connectivity index (χ4n) is 2.24. The zero-order valence-electron chi connectivity index (χ0n) is 12.6. The molecule has 0 saturated carbocycles. The van der Waals surface area contributed by atoms with Crippen LogP contribution in [0, 0.1) is 11.2 Å². The highest BCUT2D eigenvalue weighted by molar-refractivity contribution is 5.94. The number of halogens is 1. The van der Waals surface area contributed by atoms with Gasteiger partial charge in [0.15, 0.2) is 0 Å². The molecule has 0 aromatic heterocycles. The number of rotatable bonds is 2. The van der Waals surface area contributed by atoms with Crippen LogP contribution >= 0.6 is 0 Å². The minimum Gasteiger partial charge on any atom is -0.351 e. The first-order valence-corrected chi connectivity index (χ1v) is 7.13. The average Bonchev–Trinajstić information content (AvgIpc) is 2.86. The predicted molar refractivity (Wildman–Crippen MR) is 78.3 cm³/mol. The third-order valence-electron chi connectivity index (χ3n) is 3.58. The molecule has 1 aromatic rings. The van der Waals surface area contributed by atoms with E-state index >= 15 is 0 Å². The summed E-state index contributed by atoms with van der Waals surface area (Å²) in [4.78, 5) is 25.9. The average molecular weight is 292 g/mol. The van der Waals surface area contributed by atoms with Gasteiger partial charge in [0.25, 0.3) is 5.91 Å².